The van der Waals surface area contributed by atoms with Crippen molar-refractivity contribution in [2.45, 2.75) is 13.3 Å². The number of aliphatic carboxylic acids is 1. The second kappa shape index (κ2) is 3.66. The maximum Gasteiger partial charge on any atom is 0.309 e. The van der Waals surface area contributed by atoms with Crippen LogP contribution < -0.4 is 0 Å². The second-order valence-electron chi connectivity index (χ2n) is 3.26. The lowest BCUT2D eigenvalue weighted by molar-refractivity contribution is -0.136. The van der Waals surface area contributed by atoms with Crippen molar-refractivity contribution < 1.29 is 9.90 Å². The van der Waals surface area contributed by atoms with Gasteiger partial charge in [-0.1, -0.05) is 0 Å². The van der Waals surface area contributed by atoms with Gasteiger partial charge in [0.15, 0.2) is 5.65 Å². The Morgan fingerprint density at radius 2 is 2.40 bits per heavy atom. The van der Waals surface area contributed by atoms with Crippen LogP contribution in [-0.2, 0) is 11.2 Å². The first-order valence-electron chi connectivity index (χ1n) is 4.43. The van der Waals surface area contributed by atoms with Gasteiger partial charge in [-0.05, 0) is 35.0 Å². The summed E-state index contributed by atoms with van der Waals surface area (Å²) in [7, 11) is 0. The van der Waals surface area contributed by atoms with Crippen LogP contribution in [0.5, 0.6) is 0 Å². The van der Waals surface area contributed by atoms with Gasteiger partial charge in [0.25, 0.3) is 0 Å². The first-order valence-corrected chi connectivity index (χ1v) is 5.22. The van der Waals surface area contributed by atoms with Gasteiger partial charge < -0.3 is 9.51 Å². The number of carbonyl (C=O) groups is 1. The molecule has 1 N–H and O–H groups in total. The summed E-state index contributed by atoms with van der Waals surface area (Å²) in [4.78, 5) is 15.0. The number of imidazole rings is 1. The van der Waals surface area contributed by atoms with Crippen LogP contribution in [0, 0.1) is 6.92 Å². The third-order valence-electron chi connectivity index (χ3n) is 2.22. The molecular weight excluding hydrogens is 260 g/mol. The van der Waals surface area contributed by atoms with Gasteiger partial charge >= 0.3 is 5.97 Å². The molecule has 0 saturated heterocycles. The summed E-state index contributed by atoms with van der Waals surface area (Å²) in [5.41, 5.74) is 2.23. The highest BCUT2D eigenvalue weighted by atomic mass is 79.9. The fourth-order valence-electron chi connectivity index (χ4n) is 1.55. The van der Waals surface area contributed by atoms with Gasteiger partial charge in [0.2, 0.25) is 0 Å². The van der Waals surface area contributed by atoms with Crippen LogP contribution in [0.3, 0.4) is 0 Å². The quantitative estimate of drug-likeness (QED) is 0.907. The lowest BCUT2D eigenvalue weighted by Gasteiger charge is -1.99. The Balaban J connectivity index is 2.68. The van der Waals surface area contributed by atoms with E-state index < -0.39 is 5.97 Å². The van der Waals surface area contributed by atoms with Crippen LogP contribution in [0.2, 0.25) is 0 Å². The largest absolute Gasteiger partial charge is 0.481 e. The SMILES string of the molecule is Cc1nc2c(Br)cccn2c1CC(=O)O. The molecule has 15 heavy (non-hydrogen) atoms. The molecule has 2 rings (SSSR count). The number of nitrogens with zero attached hydrogens (tertiary/aromatic N) is 2. The third kappa shape index (κ3) is 1.74. The number of fused-ring (bicyclic) bond motifs is 1. The average molecular weight is 269 g/mol. The molecule has 0 aliphatic carbocycles. The molecule has 0 radical (unpaired) electrons. The number of aryl methyl sites for hydroxylation is 1. The van der Waals surface area contributed by atoms with E-state index in [2.05, 4.69) is 20.9 Å². The topological polar surface area (TPSA) is 54.6 Å². The summed E-state index contributed by atoms with van der Waals surface area (Å²) in [6.45, 7) is 1.82. The van der Waals surface area contributed by atoms with Gasteiger partial charge in [-0.25, -0.2) is 4.98 Å². The highest BCUT2D eigenvalue weighted by molar-refractivity contribution is 9.10. The Morgan fingerprint density at radius 3 is 3.07 bits per heavy atom. The molecule has 0 spiro atoms. The maximum atomic E-state index is 10.7. The predicted octanol–water partition coefficient (Wildman–Crippen LogP) is 2.03. The normalized spacial score (nSPS) is 10.8. The molecule has 0 fully saturated rings. The number of carboxylic acids is 1. The smallest absolute Gasteiger partial charge is 0.309 e. The molecule has 4 nitrogen and oxygen atoms in total. The summed E-state index contributed by atoms with van der Waals surface area (Å²) >= 11 is 3.38. The Morgan fingerprint density at radius 1 is 1.67 bits per heavy atom. The monoisotopic (exact) mass is 268 g/mol. The van der Waals surface area contributed by atoms with Gasteiger partial charge in [0.05, 0.1) is 22.3 Å². The first kappa shape index (κ1) is 10.2. The van der Waals surface area contributed by atoms with Crippen molar-refractivity contribution >= 4 is 27.5 Å². The number of aromatic nitrogens is 2. The van der Waals surface area contributed by atoms with Crippen molar-refractivity contribution in [1.29, 1.82) is 0 Å². The zero-order valence-electron chi connectivity index (χ0n) is 8.07. The van der Waals surface area contributed by atoms with Crippen LogP contribution in [-0.4, -0.2) is 20.5 Å². The fraction of sp³-hybridized carbons (Fsp3) is 0.200. The van der Waals surface area contributed by atoms with Crippen molar-refractivity contribution in [1.82, 2.24) is 9.38 Å². The second-order valence-corrected chi connectivity index (χ2v) is 4.12. The summed E-state index contributed by atoms with van der Waals surface area (Å²) in [5.74, 6) is -0.847. The Hall–Kier alpha value is -1.36. The molecular formula is C10H9BrN2O2. The van der Waals surface area contributed by atoms with Gasteiger partial charge in [-0.2, -0.15) is 0 Å². The van der Waals surface area contributed by atoms with E-state index in [1.807, 2.05) is 25.3 Å². The highest BCUT2D eigenvalue weighted by Crippen LogP contribution is 2.20. The van der Waals surface area contributed by atoms with Gasteiger partial charge in [0.1, 0.15) is 0 Å². The van der Waals surface area contributed by atoms with Crippen LogP contribution in [0.1, 0.15) is 11.4 Å². The Labute approximate surface area is 94.7 Å². The molecule has 0 saturated carbocycles. The van der Waals surface area contributed by atoms with E-state index in [0.717, 1.165) is 21.5 Å². The molecule has 0 bridgehead atoms. The molecule has 2 aromatic heterocycles. The molecule has 2 aromatic rings. The van der Waals surface area contributed by atoms with Crippen LogP contribution in [0.25, 0.3) is 5.65 Å². The standard InChI is InChI=1S/C10H9BrN2O2/c1-6-8(5-9(14)15)13-4-2-3-7(11)10(13)12-6/h2-4H,5H2,1H3,(H,14,15). The molecule has 0 unspecified atom stereocenters. The number of hydrogen-bond donors (Lipinski definition) is 1. The third-order valence-corrected chi connectivity index (χ3v) is 2.84. The van der Waals surface area contributed by atoms with Crippen molar-refractivity contribution in [2.24, 2.45) is 0 Å². The van der Waals surface area contributed by atoms with E-state index in [4.69, 9.17) is 5.11 Å². The molecule has 0 aliphatic rings. The minimum atomic E-state index is -0.847. The van der Waals surface area contributed by atoms with Crippen molar-refractivity contribution in [3.63, 3.8) is 0 Å². The highest BCUT2D eigenvalue weighted by Gasteiger charge is 2.12. The lowest BCUT2D eigenvalue weighted by atomic mass is 10.2. The number of carboxylic acid groups (broad SMARTS) is 1. The van der Waals surface area contributed by atoms with E-state index in [-0.39, 0.29) is 6.42 Å². The average Bonchev–Trinajstić information content (AvgIpc) is 2.45. The van der Waals surface area contributed by atoms with Crippen molar-refractivity contribution in [3.8, 4) is 0 Å². The summed E-state index contributed by atoms with van der Waals surface area (Å²) in [5, 5.41) is 8.79. The van der Waals surface area contributed by atoms with Crippen molar-refractivity contribution in [2.75, 3.05) is 0 Å². The minimum absolute atomic E-state index is 0.0105. The molecule has 0 aliphatic heterocycles. The van der Waals surface area contributed by atoms with Gasteiger partial charge in [-0.15, -0.1) is 0 Å². The lowest BCUT2D eigenvalue weighted by Crippen LogP contribution is -2.04. The minimum Gasteiger partial charge on any atom is -0.481 e. The van der Waals surface area contributed by atoms with Crippen molar-refractivity contribution in [3.05, 3.63) is 34.2 Å². The molecule has 0 aromatic carbocycles. The summed E-state index contributed by atoms with van der Waals surface area (Å²) in [6.07, 6.45) is 1.81. The zero-order valence-corrected chi connectivity index (χ0v) is 9.65. The molecule has 0 amide bonds. The predicted molar refractivity (Wildman–Crippen MR) is 59.0 cm³/mol. The van der Waals surface area contributed by atoms with E-state index in [1.165, 1.54) is 0 Å². The van der Waals surface area contributed by atoms with Gasteiger partial charge in [0, 0.05) is 6.20 Å². The van der Waals surface area contributed by atoms with Crippen LogP contribution in [0.4, 0.5) is 0 Å². The van der Waals surface area contributed by atoms with Crippen LogP contribution in [0.15, 0.2) is 22.8 Å². The van der Waals surface area contributed by atoms with E-state index in [0.29, 0.717) is 0 Å². The number of halogens is 1. The van der Waals surface area contributed by atoms with Gasteiger partial charge in [-0.3, -0.25) is 4.79 Å². The van der Waals surface area contributed by atoms with E-state index in [9.17, 15) is 4.79 Å². The Bertz CT molecular complexity index is 533. The zero-order chi connectivity index (χ0) is 11.0. The van der Waals surface area contributed by atoms with E-state index in [1.54, 1.807) is 4.40 Å². The molecule has 0 atom stereocenters. The van der Waals surface area contributed by atoms with Crippen LogP contribution >= 0.6 is 15.9 Å². The maximum absolute atomic E-state index is 10.7. The first-order chi connectivity index (χ1) is 7.09. The number of hydrogen-bond acceptors (Lipinski definition) is 2. The molecule has 2 heterocycles. The summed E-state index contributed by atoms with van der Waals surface area (Å²) < 4.78 is 2.66. The number of rotatable bonds is 2. The molecule has 78 valence electrons. The molecule has 5 heteroatoms. The fourth-order valence-corrected chi connectivity index (χ4v) is 1.99. The van der Waals surface area contributed by atoms with E-state index >= 15 is 0 Å². The number of pyridine rings is 1. The summed E-state index contributed by atoms with van der Waals surface area (Å²) in [6, 6.07) is 3.73. The Kier molecular flexibility index (Phi) is 2.48.